The Morgan fingerprint density at radius 3 is 3.17 bits per heavy atom. The van der Waals surface area contributed by atoms with Gasteiger partial charge >= 0.3 is 0 Å². The zero-order valence-electron chi connectivity index (χ0n) is 6.33. The third kappa shape index (κ3) is 1.46. The zero-order valence-corrected chi connectivity index (χ0v) is 7.15. The Morgan fingerprint density at radius 1 is 1.42 bits per heavy atom. The molecule has 0 bridgehead atoms. The van der Waals surface area contributed by atoms with Gasteiger partial charge in [0, 0.05) is 11.3 Å². The number of para-hydroxylation sites is 1. The average molecular weight is 177 g/mol. The maximum Gasteiger partial charge on any atom is 0.225 e. The predicted molar refractivity (Wildman–Crippen MR) is 48.8 cm³/mol. The van der Waals surface area contributed by atoms with Gasteiger partial charge in [0.15, 0.2) is 0 Å². The van der Waals surface area contributed by atoms with Crippen molar-refractivity contribution in [1.29, 1.82) is 0 Å². The predicted octanol–water partition coefficient (Wildman–Crippen LogP) is 2.16. The van der Waals surface area contributed by atoms with Gasteiger partial charge in [-0.05, 0) is 12.1 Å². The topological polar surface area (TPSA) is 29.1 Å². The molecule has 2 rings (SSSR count). The second kappa shape index (κ2) is 3.19. The zero-order chi connectivity index (χ0) is 8.39. The number of nitrogens with one attached hydrogen (secondary N) is 1. The van der Waals surface area contributed by atoms with Crippen molar-refractivity contribution in [2.24, 2.45) is 0 Å². The molecule has 1 aliphatic rings. The number of benzene rings is 1. The Balaban J connectivity index is 2.37. The molecular weight excluding hydrogens is 170 g/mol. The van der Waals surface area contributed by atoms with Crippen LogP contribution in [0.1, 0.15) is 6.42 Å². The molecule has 1 amide bonds. The van der Waals surface area contributed by atoms with Crippen molar-refractivity contribution in [3.63, 3.8) is 0 Å². The van der Waals surface area contributed by atoms with Crippen LogP contribution in [0.5, 0.6) is 0 Å². The minimum atomic E-state index is 0.00690. The SMILES string of the molecule is O=C1C[C]Sc2ccccc2N1. The maximum atomic E-state index is 11.1. The fourth-order valence-electron chi connectivity index (χ4n) is 1.03. The Kier molecular flexibility index (Phi) is 2.04. The fourth-order valence-corrected chi connectivity index (χ4v) is 1.77. The van der Waals surface area contributed by atoms with E-state index in [0.29, 0.717) is 6.42 Å². The Hall–Kier alpha value is -0.960. The number of thioether (sulfide) groups is 1. The summed E-state index contributed by atoms with van der Waals surface area (Å²) in [4.78, 5) is 12.1. The van der Waals surface area contributed by atoms with E-state index >= 15 is 0 Å². The van der Waals surface area contributed by atoms with E-state index < -0.39 is 0 Å². The van der Waals surface area contributed by atoms with E-state index in [-0.39, 0.29) is 5.91 Å². The second-order valence-corrected chi connectivity index (χ2v) is 3.40. The van der Waals surface area contributed by atoms with Gasteiger partial charge in [-0.3, -0.25) is 4.79 Å². The van der Waals surface area contributed by atoms with E-state index in [1.165, 1.54) is 11.8 Å². The number of hydrogen-bond acceptors (Lipinski definition) is 2. The lowest BCUT2D eigenvalue weighted by Crippen LogP contribution is -2.08. The summed E-state index contributed by atoms with van der Waals surface area (Å²) < 4.78 is 0. The Morgan fingerprint density at radius 2 is 2.25 bits per heavy atom. The smallest absolute Gasteiger partial charge is 0.225 e. The number of anilines is 1. The maximum absolute atomic E-state index is 11.1. The summed E-state index contributed by atoms with van der Waals surface area (Å²) >= 11 is 1.48. The highest BCUT2D eigenvalue weighted by atomic mass is 32.2. The highest BCUT2D eigenvalue weighted by Crippen LogP contribution is 2.32. The lowest BCUT2D eigenvalue weighted by molar-refractivity contribution is -0.115. The van der Waals surface area contributed by atoms with Gasteiger partial charge in [0.25, 0.3) is 0 Å². The molecule has 0 aromatic heterocycles. The average Bonchev–Trinajstić information content (AvgIpc) is 2.25. The molecule has 2 radical (unpaired) electrons. The first kappa shape index (κ1) is 7.68. The molecule has 1 aromatic carbocycles. The molecule has 0 saturated heterocycles. The first-order valence-corrected chi connectivity index (χ1v) is 4.46. The number of hydrogen-bond donors (Lipinski definition) is 1. The lowest BCUT2D eigenvalue weighted by atomic mass is 10.3. The highest BCUT2D eigenvalue weighted by Gasteiger charge is 2.12. The van der Waals surface area contributed by atoms with E-state index in [9.17, 15) is 4.79 Å². The van der Waals surface area contributed by atoms with Crippen LogP contribution in [0.15, 0.2) is 29.2 Å². The van der Waals surface area contributed by atoms with E-state index in [4.69, 9.17) is 0 Å². The second-order valence-electron chi connectivity index (χ2n) is 2.47. The molecule has 1 heterocycles. The van der Waals surface area contributed by atoms with Gasteiger partial charge in [-0.15, -0.1) is 11.8 Å². The van der Waals surface area contributed by atoms with Crippen LogP contribution in [-0.4, -0.2) is 5.91 Å². The third-order valence-electron chi connectivity index (χ3n) is 1.58. The quantitative estimate of drug-likeness (QED) is 0.658. The van der Waals surface area contributed by atoms with Crippen molar-refractivity contribution >= 4 is 23.4 Å². The van der Waals surface area contributed by atoms with Gasteiger partial charge in [-0.1, -0.05) is 12.1 Å². The van der Waals surface area contributed by atoms with Crippen molar-refractivity contribution in [2.45, 2.75) is 11.3 Å². The van der Waals surface area contributed by atoms with Gasteiger partial charge < -0.3 is 5.32 Å². The first-order valence-electron chi connectivity index (χ1n) is 3.65. The molecule has 2 nitrogen and oxygen atoms in total. The molecule has 0 aliphatic carbocycles. The van der Waals surface area contributed by atoms with E-state index in [0.717, 1.165) is 10.6 Å². The molecule has 0 atom stereocenters. The van der Waals surface area contributed by atoms with E-state index in [1.807, 2.05) is 24.3 Å². The number of amides is 1. The lowest BCUT2D eigenvalue weighted by Gasteiger charge is -2.03. The summed E-state index contributed by atoms with van der Waals surface area (Å²) in [5.41, 5.74) is 0.887. The molecule has 1 aliphatic heterocycles. The van der Waals surface area contributed by atoms with Crippen molar-refractivity contribution in [3.05, 3.63) is 30.0 Å². The van der Waals surface area contributed by atoms with Crippen LogP contribution in [-0.2, 0) is 4.79 Å². The van der Waals surface area contributed by atoms with Gasteiger partial charge in [0.05, 0.1) is 11.4 Å². The van der Waals surface area contributed by atoms with Crippen LogP contribution >= 0.6 is 11.8 Å². The van der Waals surface area contributed by atoms with Crippen LogP contribution in [0.4, 0.5) is 5.69 Å². The number of rotatable bonds is 0. The summed E-state index contributed by atoms with van der Waals surface area (Å²) in [6.45, 7) is 0. The van der Waals surface area contributed by atoms with Crippen molar-refractivity contribution in [1.82, 2.24) is 0 Å². The molecule has 1 aromatic rings. The third-order valence-corrected chi connectivity index (χ3v) is 2.44. The van der Waals surface area contributed by atoms with Crippen LogP contribution in [0.25, 0.3) is 0 Å². The summed E-state index contributed by atoms with van der Waals surface area (Å²) in [5.74, 6) is 2.96. The highest BCUT2D eigenvalue weighted by molar-refractivity contribution is 8.01. The largest absolute Gasteiger partial charge is 0.325 e. The summed E-state index contributed by atoms with van der Waals surface area (Å²) in [5, 5.41) is 2.80. The van der Waals surface area contributed by atoms with Gasteiger partial charge in [-0.2, -0.15) is 0 Å². The molecule has 12 heavy (non-hydrogen) atoms. The number of carbonyl (C=O) groups is 1. The molecule has 0 spiro atoms. The monoisotopic (exact) mass is 177 g/mol. The Labute approximate surface area is 75.4 Å². The van der Waals surface area contributed by atoms with Crippen LogP contribution < -0.4 is 5.32 Å². The van der Waals surface area contributed by atoms with Crippen molar-refractivity contribution in [3.8, 4) is 0 Å². The summed E-state index contributed by atoms with van der Waals surface area (Å²) in [7, 11) is 0. The van der Waals surface area contributed by atoms with Crippen LogP contribution in [0, 0.1) is 5.75 Å². The molecule has 0 fully saturated rings. The minimum Gasteiger partial charge on any atom is -0.325 e. The molecular formula is C9H7NOS. The minimum absolute atomic E-state index is 0.00690. The molecule has 1 N–H and O–H groups in total. The molecule has 3 heteroatoms. The van der Waals surface area contributed by atoms with Gasteiger partial charge in [-0.25, -0.2) is 0 Å². The number of fused-ring (bicyclic) bond motifs is 1. The normalized spacial score (nSPS) is 16.2. The summed E-state index contributed by atoms with van der Waals surface area (Å²) in [6.07, 6.45) is 0.360. The van der Waals surface area contributed by atoms with Crippen molar-refractivity contribution in [2.75, 3.05) is 5.32 Å². The number of carbonyl (C=O) groups excluding carboxylic acids is 1. The molecule has 0 saturated carbocycles. The standard InChI is InChI=1S/C9H7NOS/c11-9-5-6-12-8-4-2-1-3-7(8)10-9/h1-4H,5H2,(H,10,11). The van der Waals surface area contributed by atoms with Crippen LogP contribution in [0.2, 0.25) is 0 Å². The molecule has 0 unspecified atom stereocenters. The van der Waals surface area contributed by atoms with E-state index in [1.54, 1.807) is 0 Å². The first-order chi connectivity index (χ1) is 5.86. The van der Waals surface area contributed by atoms with E-state index in [2.05, 4.69) is 11.1 Å². The molecule has 60 valence electrons. The fraction of sp³-hybridized carbons (Fsp3) is 0.111. The summed E-state index contributed by atoms with van der Waals surface area (Å²) in [6, 6.07) is 7.72. The Bertz CT molecular complexity index is 311. The van der Waals surface area contributed by atoms with Crippen molar-refractivity contribution < 1.29 is 4.79 Å². The van der Waals surface area contributed by atoms with Gasteiger partial charge in [0.1, 0.15) is 0 Å². The van der Waals surface area contributed by atoms with Crippen LogP contribution in [0.3, 0.4) is 0 Å². The van der Waals surface area contributed by atoms with Gasteiger partial charge in [0.2, 0.25) is 5.91 Å².